The fourth-order valence-corrected chi connectivity index (χ4v) is 3.78. The molecule has 0 aliphatic heterocycles. The molecular formula is C20H18N2O7S. The molecule has 0 radical (unpaired) electrons. The van der Waals surface area contributed by atoms with Gasteiger partial charge in [-0.15, -0.1) is 0 Å². The van der Waals surface area contributed by atoms with Crippen LogP contribution in [0.1, 0.15) is 45.7 Å². The summed E-state index contributed by atoms with van der Waals surface area (Å²) in [5, 5.41) is 2.69. The van der Waals surface area contributed by atoms with Crippen LogP contribution in [0.4, 0.5) is 11.4 Å². The number of ketones is 2. The normalized spacial score (nSPS) is 13.8. The molecule has 0 saturated heterocycles. The Labute approximate surface area is 172 Å². The Hall–Kier alpha value is -3.50. The lowest BCUT2D eigenvalue weighted by molar-refractivity contribution is -0.142. The van der Waals surface area contributed by atoms with E-state index >= 15 is 0 Å². The highest BCUT2D eigenvalue weighted by molar-refractivity contribution is 7.86. The fourth-order valence-electron chi connectivity index (χ4n) is 3.13. The highest BCUT2D eigenvalue weighted by atomic mass is 32.2. The molecule has 1 atom stereocenters. The molecule has 10 heteroatoms. The molecule has 1 aliphatic rings. The minimum atomic E-state index is -4.83. The van der Waals surface area contributed by atoms with E-state index in [9.17, 15) is 27.4 Å². The average molecular weight is 430 g/mol. The second-order valence-electron chi connectivity index (χ2n) is 6.74. The zero-order valence-electron chi connectivity index (χ0n) is 16.1. The van der Waals surface area contributed by atoms with E-state index in [2.05, 4.69) is 11.9 Å². The topological polar surface area (TPSA) is 153 Å². The van der Waals surface area contributed by atoms with Crippen LogP contribution in [0.2, 0.25) is 0 Å². The Balaban J connectivity index is 2.23. The molecule has 0 aromatic heterocycles. The first kappa shape index (κ1) is 21.2. The van der Waals surface area contributed by atoms with E-state index in [0.29, 0.717) is 0 Å². The summed E-state index contributed by atoms with van der Waals surface area (Å²) in [4.78, 5) is 37.1. The lowest BCUT2D eigenvalue weighted by Crippen LogP contribution is -2.29. The highest BCUT2D eigenvalue weighted by Gasteiger charge is 2.36. The summed E-state index contributed by atoms with van der Waals surface area (Å²) >= 11 is 0. The number of nitrogens with two attached hydrogens (primary N) is 1. The number of hydrogen-bond donors (Lipinski definition) is 3. The van der Waals surface area contributed by atoms with Crippen LogP contribution in [0.25, 0.3) is 0 Å². The molecule has 2 aromatic rings. The van der Waals surface area contributed by atoms with E-state index in [1.54, 1.807) is 12.1 Å². The van der Waals surface area contributed by atoms with Crippen molar-refractivity contribution in [2.45, 2.75) is 25.0 Å². The van der Waals surface area contributed by atoms with Crippen LogP contribution in [0.3, 0.4) is 0 Å². The molecule has 0 amide bonds. The molecule has 1 unspecified atom stereocenters. The SMILES string of the molecule is C=C(C)C(=O)OC(C)Nc1cc(S(=O)(=O)O)c(N)c2c1C(=O)c1ccccc1C2=O. The smallest absolute Gasteiger partial charge is 0.335 e. The van der Waals surface area contributed by atoms with Crippen molar-refractivity contribution in [2.24, 2.45) is 0 Å². The number of carbonyl (C=O) groups is 3. The van der Waals surface area contributed by atoms with Crippen molar-refractivity contribution in [1.29, 1.82) is 0 Å². The monoisotopic (exact) mass is 430 g/mol. The standard InChI is InChI=1S/C20H18N2O7S/c1-9(2)20(25)29-10(3)22-13-8-14(30(26,27)28)17(21)16-15(13)18(23)11-6-4-5-7-12(11)19(16)24/h4-8,10,22H,1,21H2,2-3H3,(H,26,27,28). The van der Waals surface area contributed by atoms with Gasteiger partial charge in [0.1, 0.15) is 4.90 Å². The number of nitrogen functional groups attached to an aromatic ring is 1. The van der Waals surface area contributed by atoms with Gasteiger partial charge >= 0.3 is 5.97 Å². The van der Waals surface area contributed by atoms with E-state index in [4.69, 9.17) is 10.5 Å². The number of hydrogen-bond acceptors (Lipinski definition) is 8. The molecule has 2 aromatic carbocycles. The predicted octanol–water partition coefficient (Wildman–Crippen LogP) is 2.17. The number of carbonyl (C=O) groups excluding carboxylic acids is 3. The first-order chi connectivity index (χ1) is 13.9. The Bertz CT molecular complexity index is 1230. The van der Waals surface area contributed by atoms with Crippen molar-refractivity contribution >= 4 is 39.0 Å². The average Bonchev–Trinajstić information content (AvgIpc) is 2.66. The third-order valence-corrected chi connectivity index (χ3v) is 5.36. The van der Waals surface area contributed by atoms with Crippen LogP contribution in [0.15, 0.2) is 47.4 Å². The van der Waals surface area contributed by atoms with Crippen LogP contribution >= 0.6 is 0 Å². The van der Waals surface area contributed by atoms with Gasteiger partial charge in [0.25, 0.3) is 10.1 Å². The Morgan fingerprint density at radius 3 is 2.20 bits per heavy atom. The second-order valence-corrected chi connectivity index (χ2v) is 8.13. The lowest BCUT2D eigenvalue weighted by atomic mass is 9.82. The quantitative estimate of drug-likeness (QED) is 0.182. The maximum absolute atomic E-state index is 13.1. The third kappa shape index (κ3) is 3.58. The second kappa shape index (κ2) is 7.39. The van der Waals surface area contributed by atoms with Crippen LogP contribution in [-0.2, 0) is 19.6 Å². The largest absolute Gasteiger partial charge is 0.439 e. The van der Waals surface area contributed by atoms with Gasteiger partial charge in [-0.2, -0.15) is 8.42 Å². The summed E-state index contributed by atoms with van der Waals surface area (Å²) in [7, 11) is -4.83. The molecule has 0 heterocycles. The zero-order chi connectivity index (χ0) is 22.4. The number of fused-ring (bicyclic) bond motifs is 2. The van der Waals surface area contributed by atoms with Crippen LogP contribution in [0.5, 0.6) is 0 Å². The maximum atomic E-state index is 13.1. The van der Waals surface area contributed by atoms with Crippen molar-refractivity contribution in [3.63, 3.8) is 0 Å². The van der Waals surface area contributed by atoms with Crippen LogP contribution in [0, 0.1) is 0 Å². The molecule has 9 nitrogen and oxygen atoms in total. The number of rotatable bonds is 5. The summed E-state index contributed by atoms with van der Waals surface area (Å²) in [5.74, 6) is -1.96. The number of benzene rings is 2. The Morgan fingerprint density at radius 1 is 1.17 bits per heavy atom. The molecule has 1 aliphatic carbocycles. The summed E-state index contributed by atoms with van der Waals surface area (Å²) in [6.07, 6.45) is -1.03. The summed E-state index contributed by atoms with van der Waals surface area (Å²) in [6, 6.07) is 6.93. The third-order valence-electron chi connectivity index (χ3n) is 4.47. The van der Waals surface area contributed by atoms with Gasteiger partial charge in [-0.05, 0) is 19.9 Å². The van der Waals surface area contributed by atoms with E-state index in [0.717, 1.165) is 6.07 Å². The first-order valence-corrected chi connectivity index (χ1v) is 10.1. The molecule has 30 heavy (non-hydrogen) atoms. The van der Waals surface area contributed by atoms with Gasteiger partial charge in [0.2, 0.25) is 0 Å². The van der Waals surface area contributed by atoms with Gasteiger partial charge in [-0.1, -0.05) is 30.8 Å². The summed E-state index contributed by atoms with van der Waals surface area (Å²) in [6.45, 7) is 6.33. The zero-order valence-corrected chi connectivity index (χ0v) is 16.9. The number of esters is 1. The highest BCUT2D eigenvalue weighted by Crippen LogP contribution is 2.39. The number of anilines is 2. The van der Waals surface area contributed by atoms with Crippen molar-refractivity contribution < 1.29 is 32.1 Å². The van der Waals surface area contributed by atoms with Gasteiger partial charge in [-0.3, -0.25) is 14.1 Å². The Kier molecular flexibility index (Phi) is 5.23. The fraction of sp³-hybridized carbons (Fsp3) is 0.150. The van der Waals surface area contributed by atoms with E-state index in [1.165, 1.54) is 26.0 Å². The van der Waals surface area contributed by atoms with Crippen molar-refractivity contribution in [2.75, 3.05) is 11.1 Å². The maximum Gasteiger partial charge on any atom is 0.335 e. The van der Waals surface area contributed by atoms with Gasteiger partial charge < -0.3 is 15.8 Å². The predicted molar refractivity (Wildman–Crippen MR) is 108 cm³/mol. The van der Waals surface area contributed by atoms with Gasteiger partial charge in [-0.25, -0.2) is 4.79 Å². The minimum Gasteiger partial charge on any atom is -0.439 e. The van der Waals surface area contributed by atoms with E-state index < -0.39 is 44.5 Å². The van der Waals surface area contributed by atoms with E-state index in [-0.39, 0.29) is 33.5 Å². The van der Waals surface area contributed by atoms with Crippen molar-refractivity contribution in [1.82, 2.24) is 0 Å². The van der Waals surface area contributed by atoms with Gasteiger partial charge in [0.05, 0.1) is 22.5 Å². The van der Waals surface area contributed by atoms with Crippen molar-refractivity contribution in [3.8, 4) is 0 Å². The van der Waals surface area contributed by atoms with E-state index in [1.807, 2.05) is 0 Å². The number of ether oxygens (including phenoxy) is 1. The molecule has 0 saturated carbocycles. The van der Waals surface area contributed by atoms with Crippen LogP contribution in [-0.4, -0.2) is 36.7 Å². The first-order valence-electron chi connectivity index (χ1n) is 8.69. The van der Waals surface area contributed by atoms with Crippen molar-refractivity contribution in [3.05, 3.63) is 64.7 Å². The van der Waals surface area contributed by atoms with Gasteiger partial charge in [0, 0.05) is 16.7 Å². The molecule has 0 fully saturated rings. The molecule has 156 valence electrons. The number of nitrogens with one attached hydrogen (secondary N) is 1. The molecule has 0 bridgehead atoms. The summed E-state index contributed by atoms with van der Waals surface area (Å²) < 4.78 is 38.3. The molecule has 4 N–H and O–H groups in total. The minimum absolute atomic E-state index is 0.0573. The van der Waals surface area contributed by atoms with Crippen LogP contribution < -0.4 is 11.1 Å². The Morgan fingerprint density at radius 2 is 1.70 bits per heavy atom. The van der Waals surface area contributed by atoms with Gasteiger partial charge in [0.15, 0.2) is 17.8 Å². The summed E-state index contributed by atoms with van der Waals surface area (Å²) in [5.41, 5.74) is 4.97. The molecule has 3 rings (SSSR count). The molecular weight excluding hydrogens is 412 g/mol. The lowest BCUT2D eigenvalue weighted by Gasteiger charge is -2.25. The molecule has 0 spiro atoms.